The molecule has 0 N–H and O–H groups in total. The molecule has 9 heteroatoms. The standard InChI is InChI=1S/C17H23F3N4O2/c1-2-26-15-5-3-4-14(21-15)23-6-8-24(9-7-23)16(25)13-10-22(11-13)12-17(18,19)20/h3-5,13H,2,6-12H2,1H3. The van der Waals surface area contributed by atoms with Gasteiger partial charge in [0.15, 0.2) is 0 Å². The number of piperazine rings is 1. The topological polar surface area (TPSA) is 48.9 Å². The SMILES string of the molecule is CCOc1cccc(N2CCN(C(=O)C3CN(CC(F)(F)F)C3)CC2)n1. The number of amides is 1. The van der Waals surface area contributed by atoms with Gasteiger partial charge in [0.05, 0.1) is 19.1 Å². The number of ether oxygens (including phenoxy) is 1. The van der Waals surface area contributed by atoms with Gasteiger partial charge in [-0.3, -0.25) is 9.69 Å². The van der Waals surface area contributed by atoms with Gasteiger partial charge in [-0.25, -0.2) is 0 Å². The van der Waals surface area contributed by atoms with Crippen molar-refractivity contribution in [1.29, 1.82) is 0 Å². The number of hydrogen-bond acceptors (Lipinski definition) is 5. The summed E-state index contributed by atoms with van der Waals surface area (Å²) in [5.41, 5.74) is 0. The van der Waals surface area contributed by atoms with Crippen LogP contribution in [0.5, 0.6) is 5.88 Å². The summed E-state index contributed by atoms with van der Waals surface area (Å²) in [7, 11) is 0. The fourth-order valence-corrected chi connectivity index (χ4v) is 3.33. The van der Waals surface area contributed by atoms with E-state index in [-0.39, 0.29) is 24.9 Å². The second kappa shape index (κ2) is 7.69. The Hall–Kier alpha value is -2.03. The molecule has 0 radical (unpaired) electrons. The molecule has 26 heavy (non-hydrogen) atoms. The Morgan fingerprint density at radius 1 is 1.23 bits per heavy atom. The molecule has 2 aliphatic rings. The van der Waals surface area contributed by atoms with Crippen LogP contribution in [0.25, 0.3) is 0 Å². The lowest BCUT2D eigenvalue weighted by atomic mass is 9.98. The third-order valence-electron chi connectivity index (χ3n) is 4.63. The maximum Gasteiger partial charge on any atom is 0.401 e. The summed E-state index contributed by atoms with van der Waals surface area (Å²) in [4.78, 5) is 22.0. The minimum absolute atomic E-state index is 0.0425. The van der Waals surface area contributed by atoms with Crippen LogP contribution in [0.3, 0.4) is 0 Å². The van der Waals surface area contributed by atoms with Gasteiger partial charge in [0.25, 0.3) is 0 Å². The van der Waals surface area contributed by atoms with Gasteiger partial charge in [0.1, 0.15) is 5.82 Å². The Morgan fingerprint density at radius 3 is 2.54 bits per heavy atom. The number of halogens is 3. The second-order valence-electron chi connectivity index (χ2n) is 6.59. The fourth-order valence-electron chi connectivity index (χ4n) is 3.33. The smallest absolute Gasteiger partial charge is 0.401 e. The first-order chi connectivity index (χ1) is 12.4. The molecule has 1 aromatic rings. The van der Waals surface area contributed by atoms with Crippen molar-refractivity contribution in [2.45, 2.75) is 13.1 Å². The van der Waals surface area contributed by atoms with Crippen molar-refractivity contribution < 1.29 is 22.7 Å². The van der Waals surface area contributed by atoms with Crippen LogP contribution < -0.4 is 9.64 Å². The van der Waals surface area contributed by atoms with E-state index in [1.165, 1.54) is 4.90 Å². The molecule has 0 unspecified atom stereocenters. The summed E-state index contributed by atoms with van der Waals surface area (Å²) >= 11 is 0. The molecule has 2 saturated heterocycles. The van der Waals surface area contributed by atoms with Crippen LogP contribution in [0.1, 0.15) is 6.92 Å². The summed E-state index contributed by atoms with van der Waals surface area (Å²) in [6, 6.07) is 5.59. The lowest BCUT2D eigenvalue weighted by molar-refractivity contribution is -0.166. The number of likely N-dealkylation sites (tertiary alicyclic amines) is 1. The van der Waals surface area contributed by atoms with Crippen molar-refractivity contribution in [3.8, 4) is 5.88 Å². The van der Waals surface area contributed by atoms with Crippen molar-refractivity contribution >= 4 is 11.7 Å². The predicted molar refractivity (Wildman–Crippen MR) is 90.2 cm³/mol. The molecule has 1 aromatic heterocycles. The quantitative estimate of drug-likeness (QED) is 0.786. The van der Waals surface area contributed by atoms with Crippen molar-refractivity contribution in [1.82, 2.24) is 14.8 Å². The van der Waals surface area contributed by atoms with E-state index in [4.69, 9.17) is 4.74 Å². The van der Waals surface area contributed by atoms with Gasteiger partial charge in [0.2, 0.25) is 11.8 Å². The summed E-state index contributed by atoms with van der Waals surface area (Å²) in [5, 5.41) is 0. The molecular weight excluding hydrogens is 349 g/mol. The molecule has 2 aliphatic heterocycles. The third kappa shape index (κ3) is 4.57. The number of aromatic nitrogens is 1. The van der Waals surface area contributed by atoms with Gasteiger partial charge >= 0.3 is 6.18 Å². The lowest BCUT2D eigenvalue weighted by Gasteiger charge is -2.43. The number of anilines is 1. The number of pyridine rings is 1. The Bertz CT molecular complexity index is 627. The van der Waals surface area contributed by atoms with Crippen LogP contribution in [0.2, 0.25) is 0 Å². The van der Waals surface area contributed by atoms with Crippen molar-refractivity contribution in [2.75, 3.05) is 57.3 Å². The zero-order valence-corrected chi connectivity index (χ0v) is 14.7. The molecule has 0 atom stereocenters. The third-order valence-corrected chi connectivity index (χ3v) is 4.63. The maximum absolute atomic E-state index is 12.4. The summed E-state index contributed by atoms with van der Waals surface area (Å²) in [5.74, 6) is 1.02. The van der Waals surface area contributed by atoms with Crippen LogP contribution in [-0.4, -0.2) is 79.3 Å². The molecule has 0 spiro atoms. The number of carbonyl (C=O) groups excluding carboxylic acids is 1. The second-order valence-corrected chi connectivity index (χ2v) is 6.59. The highest BCUT2D eigenvalue weighted by atomic mass is 19.4. The summed E-state index contributed by atoms with van der Waals surface area (Å²) in [6.07, 6.45) is -4.21. The summed E-state index contributed by atoms with van der Waals surface area (Å²) in [6.45, 7) is 4.28. The monoisotopic (exact) mass is 372 g/mol. The number of alkyl halides is 3. The van der Waals surface area contributed by atoms with E-state index >= 15 is 0 Å². The maximum atomic E-state index is 12.4. The van der Waals surface area contributed by atoms with Crippen LogP contribution in [-0.2, 0) is 4.79 Å². The van der Waals surface area contributed by atoms with Crippen molar-refractivity contribution in [3.05, 3.63) is 18.2 Å². The minimum atomic E-state index is -4.21. The van der Waals surface area contributed by atoms with Crippen molar-refractivity contribution in [3.63, 3.8) is 0 Å². The Balaban J connectivity index is 1.47. The Kier molecular flexibility index (Phi) is 5.55. The van der Waals surface area contributed by atoms with E-state index in [0.717, 1.165) is 5.82 Å². The van der Waals surface area contributed by atoms with Crippen molar-refractivity contribution in [2.24, 2.45) is 5.92 Å². The summed E-state index contributed by atoms with van der Waals surface area (Å²) < 4.78 is 42.4. The molecule has 0 aliphatic carbocycles. The van der Waals surface area contributed by atoms with Crippen LogP contribution in [0, 0.1) is 5.92 Å². The lowest BCUT2D eigenvalue weighted by Crippen LogP contribution is -2.59. The predicted octanol–water partition coefficient (Wildman–Crippen LogP) is 1.62. The largest absolute Gasteiger partial charge is 0.478 e. The highest BCUT2D eigenvalue weighted by Crippen LogP contribution is 2.25. The normalized spacial score (nSPS) is 19.4. The van der Waals surface area contributed by atoms with E-state index in [1.807, 2.05) is 19.1 Å². The molecule has 2 fully saturated rings. The molecule has 0 aromatic carbocycles. The van der Waals surface area contributed by atoms with Crippen LogP contribution >= 0.6 is 0 Å². The van der Waals surface area contributed by atoms with Gasteiger partial charge < -0.3 is 14.5 Å². The van der Waals surface area contributed by atoms with Gasteiger partial charge in [-0.1, -0.05) is 6.07 Å². The number of nitrogens with zero attached hydrogens (tertiary/aromatic N) is 4. The van der Waals surface area contributed by atoms with E-state index < -0.39 is 12.7 Å². The number of hydrogen-bond donors (Lipinski definition) is 0. The van der Waals surface area contributed by atoms with Crippen LogP contribution in [0.4, 0.5) is 19.0 Å². The Morgan fingerprint density at radius 2 is 1.92 bits per heavy atom. The molecule has 144 valence electrons. The molecule has 0 bridgehead atoms. The van der Waals surface area contributed by atoms with Gasteiger partial charge in [-0.15, -0.1) is 0 Å². The molecule has 0 saturated carbocycles. The highest BCUT2D eigenvalue weighted by Gasteiger charge is 2.41. The minimum Gasteiger partial charge on any atom is -0.478 e. The zero-order valence-electron chi connectivity index (χ0n) is 14.7. The van der Waals surface area contributed by atoms with Gasteiger partial charge in [-0.05, 0) is 13.0 Å². The van der Waals surface area contributed by atoms with E-state index in [2.05, 4.69) is 9.88 Å². The van der Waals surface area contributed by atoms with Gasteiger partial charge in [0, 0.05) is 45.3 Å². The number of rotatable bonds is 5. The molecule has 6 nitrogen and oxygen atoms in total. The number of carbonyl (C=O) groups is 1. The molecule has 3 rings (SSSR count). The van der Waals surface area contributed by atoms with Crippen LogP contribution in [0.15, 0.2) is 18.2 Å². The first-order valence-electron chi connectivity index (χ1n) is 8.78. The molecule has 3 heterocycles. The Labute approximate surface area is 150 Å². The first kappa shape index (κ1) is 18.8. The van der Waals surface area contributed by atoms with E-state index in [9.17, 15) is 18.0 Å². The first-order valence-corrected chi connectivity index (χ1v) is 8.78. The molecule has 1 amide bonds. The highest BCUT2D eigenvalue weighted by molar-refractivity contribution is 5.80. The fraction of sp³-hybridized carbons (Fsp3) is 0.647. The van der Waals surface area contributed by atoms with E-state index in [0.29, 0.717) is 38.7 Å². The average Bonchev–Trinajstić information content (AvgIpc) is 2.57. The van der Waals surface area contributed by atoms with Gasteiger partial charge in [-0.2, -0.15) is 18.2 Å². The molecular formula is C17H23F3N4O2. The zero-order chi connectivity index (χ0) is 18.7. The van der Waals surface area contributed by atoms with E-state index in [1.54, 1.807) is 11.0 Å². The average molecular weight is 372 g/mol.